The van der Waals surface area contributed by atoms with Crippen molar-refractivity contribution < 1.29 is 23.9 Å². The molecule has 0 spiro atoms. The highest BCUT2D eigenvalue weighted by molar-refractivity contribution is 6.39. The van der Waals surface area contributed by atoms with Crippen LogP contribution in [0.4, 0.5) is 10.5 Å². The number of halogens is 1. The average molecular weight is 505 g/mol. The zero-order valence-electron chi connectivity index (χ0n) is 20.1. The summed E-state index contributed by atoms with van der Waals surface area (Å²) in [6.45, 7) is 6.44. The number of imide groups is 2. The van der Waals surface area contributed by atoms with Crippen molar-refractivity contribution in [3.63, 3.8) is 0 Å². The zero-order chi connectivity index (χ0) is 25.8. The van der Waals surface area contributed by atoms with Crippen molar-refractivity contribution in [2.75, 3.05) is 11.5 Å². The fourth-order valence-electron chi connectivity index (χ4n) is 3.74. The second kappa shape index (κ2) is 10.7. The summed E-state index contributed by atoms with van der Waals surface area (Å²) in [6.07, 6.45) is 1.42. The first-order valence-electron chi connectivity index (χ1n) is 11.4. The number of hydrogen-bond acceptors (Lipinski definition) is 5. The molecule has 0 saturated carbocycles. The second-order valence-corrected chi connectivity index (χ2v) is 8.72. The molecule has 1 fully saturated rings. The van der Waals surface area contributed by atoms with E-state index in [9.17, 15) is 14.4 Å². The third-order valence-electron chi connectivity index (χ3n) is 5.57. The lowest BCUT2D eigenvalue weighted by molar-refractivity contribution is -0.122. The molecule has 8 heteroatoms. The second-order valence-electron chi connectivity index (χ2n) is 8.31. The third kappa shape index (κ3) is 5.42. The Labute approximate surface area is 214 Å². The fraction of sp³-hybridized carbons (Fsp3) is 0.179. The highest BCUT2D eigenvalue weighted by Crippen LogP contribution is 2.31. The average Bonchev–Trinajstić information content (AvgIpc) is 2.83. The summed E-state index contributed by atoms with van der Waals surface area (Å²) in [6, 6.07) is 17.1. The summed E-state index contributed by atoms with van der Waals surface area (Å²) in [5.74, 6) is -0.522. The number of anilines is 1. The van der Waals surface area contributed by atoms with Crippen LogP contribution in [0.2, 0.25) is 5.02 Å². The Hall–Kier alpha value is -4.10. The number of barbiturate groups is 1. The number of nitrogens with zero attached hydrogens (tertiary/aromatic N) is 1. The number of ether oxygens (including phenoxy) is 2. The number of carbonyl (C=O) groups is 3. The largest absolute Gasteiger partial charge is 0.490 e. The van der Waals surface area contributed by atoms with Crippen molar-refractivity contribution in [2.45, 2.75) is 27.4 Å². The van der Waals surface area contributed by atoms with E-state index < -0.39 is 17.8 Å². The van der Waals surface area contributed by atoms with E-state index in [0.29, 0.717) is 35.3 Å². The van der Waals surface area contributed by atoms with E-state index in [2.05, 4.69) is 5.32 Å². The van der Waals surface area contributed by atoms with Crippen LogP contribution < -0.4 is 19.7 Å². The molecule has 0 radical (unpaired) electrons. The molecule has 1 aliphatic rings. The van der Waals surface area contributed by atoms with E-state index in [1.165, 1.54) is 12.1 Å². The third-order valence-corrected chi connectivity index (χ3v) is 5.98. The smallest absolute Gasteiger partial charge is 0.335 e. The molecule has 7 nitrogen and oxygen atoms in total. The lowest BCUT2D eigenvalue weighted by Gasteiger charge is -2.26. The minimum atomic E-state index is -0.836. The van der Waals surface area contributed by atoms with Gasteiger partial charge in [0.2, 0.25) is 0 Å². The molecule has 3 aromatic carbocycles. The van der Waals surface area contributed by atoms with Crippen molar-refractivity contribution >= 4 is 41.2 Å². The van der Waals surface area contributed by atoms with Gasteiger partial charge in [0.15, 0.2) is 11.5 Å². The van der Waals surface area contributed by atoms with Gasteiger partial charge in [0.05, 0.1) is 12.3 Å². The summed E-state index contributed by atoms with van der Waals surface area (Å²) in [5, 5.41) is 2.62. The minimum absolute atomic E-state index is 0.192. The van der Waals surface area contributed by atoms with Gasteiger partial charge in [0.25, 0.3) is 11.8 Å². The van der Waals surface area contributed by atoms with Gasteiger partial charge in [-0.3, -0.25) is 14.9 Å². The van der Waals surface area contributed by atoms with E-state index in [-0.39, 0.29) is 11.3 Å². The first kappa shape index (κ1) is 25.0. The first-order valence-corrected chi connectivity index (χ1v) is 11.8. The van der Waals surface area contributed by atoms with Crippen LogP contribution in [0.5, 0.6) is 11.5 Å². The molecular formula is C28H25ClN2O5. The number of amides is 4. The van der Waals surface area contributed by atoms with Crippen LogP contribution in [0.1, 0.15) is 29.2 Å². The molecular weight excluding hydrogens is 480 g/mol. The number of nitrogens with one attached hydrogen (secondary N) is 1. The maximum atomic E-state index is 13.2. The van der Waals surface area contributed by atoms with Crippen molar-refractivity contribution in [3.8, 4) is 11.5 Å². The Morgan fingerprint density at radius 1 is 0.944 bits per heavy atom. The van der Waals surface area contributed by atoms with Gasteiger partial charge in [-0.15, -0.1) is 0 Å². The molecule has 0 atom stereocenters. The molecule has 1 N–H and O–H groups in total. The molecule has 1 heterocycles. The molecule has 0 bridgehead atoms. The van der Waals surface area contributed by atoms with Gasteiger partial charge in [-0.2, -0.15) is 0 Å². The first-order chi connectivity index (χ1) is 17.3. The van der Waals surface area contributed by atoms with E-state index in [1.807, 2.05) is 45.0 Å². The van der Waals surface area contributed by atoms with E-state index in [4.69, 9.17) is 21.1 Å². The topological polar surface area (TPSA) is 84.9 Å². The Balaban J connectivity index is 1.62. The molecule has 3 aromatic rings. The molecule has 0 aromatic heterocycles. The van der Waals surface area contributed by atoms with Crippen molar-refractivity contribution in [1.29, 1.82) is 0 Å². The van der Waals surface area contributed by atoms with Crippen LogP contribution in [0.25, 0.3) is 6.08 Å². The maximum Gasteiger partial charge on any atom is 0.335 e. The molecule has 184 valence electrons. The molecule has 0 aliphatic carbocycles. The van der Waals surface area contributed by atoms with Gasteiger partial charge in [-0.05, 0) is 67.8 Å². The molecule has 1 aliphatic heterocycles. The number of aryl methyl sites for hydroxylation is 2. The monoisotopic (exact) mass is 504 g/mol. The van der Waals surface area contributed by atoms with Gasteiger partial charge < -0.3 is 9.47 Å². The van der Waals surface area contributed by atoms with Crippen LogP contribution in [0.15, 0.2) is 66.2 Å². The Bertz CT molecular complexity index is 1380. The highest BCUT2D eigenvalue weighted by atomic mass is 35.5. The predicted octanol–water partition coefficient (Wildman–Crippen LogP) is 5.60. The Kier molecular flexibility index (Phi) is 7.41. The molecule has 0 unspecified atom stereocenters. The minimum Gasteiger partial charge on any atom is -0.490 e. The zero-order valence-corrected chi connectivity index (χ0v) is 20.9. The maximum absolute atomic E-state index is 13.2. The van der Waals surface area contributed by atoms with Crippen LogP contribution in [-0.2, 0) is 16.2 Å². The number of urea groups is 1. The SMILES string of the molecule is CCOc1cc(/C=C2/C(=O)NC(=O)N(c3ccc(C)c(Cl)c3)C2=O)ccc1OCc1cccc(C)c1. The number of hydrogen-bond donors (Lipinski definition) is 1. The van der Waals surface area contributed by atoms with E-state index in [0.717, 1.165) is 21.6 Å². The molecule has 1 saturated heterocycles. The summed E-state index contributed by atoms with van der Waals surface area (Å²) < 4.78 is 11.7. The molecule has 4 rings (SSSR count). The van der Waals surface area contributed by atoms with Gasteiger partial charge in [-0.25, -0.2) is 9.69 Å². The number of carbonyl (C=O) groups excluding carboxylic acids is 3. The Morgan fingerprint density at radius 2 is 1.75 bits per heavy atom. The molecule has 36 heavy (non-hydrogen) atoms. The van der Waals surface area contributed by atoms with Gasteiger partial charge in [0, 0.05) is 5.02 Å². The lowest BCUT2D eigenvalue weighted by atomic mass is 10.1. The molecule has 4 amide bonds. The van der Waals surface area contributed by atoms with Crippen LogP contribution in [-0.4, -0.2) is 24.5 Å². The van der Waals surface area contributed by atoms with Crippen LogP contribution >= 0.6 is 11.6 Å². The lowest BCUT2D eigenvalue weighted by Crippen LogP contribution is -2.54. The van der Waals surface area contributed by atoms with Gasteiger partial charge in [0.1, 0.15) is 12.2 Å². The van der Waals surface area contributed by atoms with E-state index >= 15 is 0 Å². The van der Waals surface area contributed by atoms with E-state index in [1.54, 1.807) is 30.3 Å². The number of benzene rings is 3. The van der Waals surface area contributed by atoms with Gasteiger partial charge in [-0.1, -0.05) is 53.6 Å². The summed E-state index contributed by atoms with van der Waals surface area (Å²) in [4.78, 5) is 39.1. The quantitative estimate of drug-likeness (QED) is 0.334. The van der Waals surface area contributed by atoms with Crippen LogP contribution in [0, 0.1) is 13.8 Å². The van der Waals surface area contributed by atoms with Crippen LogP contribution in [0.3, 0.4) is 0 Å². The summed E-state index contributed by atoms with van der Waals surface area (Å²) in [7, 11) is 0. The van der Waals surface area contributed by atoms with Crippen molar-refractivity contribution in [1.82, 2.24) is 5.32 Å². The predicted molar refractivity (Wildman–Crippen MR) is 138 cm³/mol. The highest BCUT2D eigenvalue weighted by Gasteiger charge is 2.37. The normalized spacial score (nSPS) is 14.7. The fourth-order valence-corrected chi connectivity index (χ4v) is 3.92. The van der Waals surface area contributed by atoms with Gasteiger partial charge >= 0.3 is 6.03 Å². The summed E-state index contributed by atoms with van der Waals surface area (Å²) in [5.41, 5.74) is 3.57. The number of rotatable bonds is 7. The van der Waals surface area contributed by atoms with Crippen molar-refractivity contribution in [2.24, 2.45) is 0 Å². The van der Waals surface area contributed by atoms with Crippen molar-refractivity contribution in [3.05, 3.63) is 93.5 Å². The summed E-state index contributed by atoms with van der Waals surface area (Å²) >= 11 is 6.18. The Morgan fingerprint density at radius 3 is 2.47 bits per heavy atom. The standard InChI is InChI=1S/C28H25ClN2O5/c1-4-35-25-14-19(9-11-24(25)36-16-20-7-5-6-17(2)12-20)13-22-26(32)30-28(34)31(27(22)33)21-10-8-18(3)23(29)15-21/h5-15H,4,16H2,1-3H3,(H,30,32,34)/b22-13-.